The predicted octanol–water partition coefficient (Wildman–Crippen LogP) is 4.26. The van der Waals surface area contributed by atoms with Crippen LogP contribution in [0.4, 0.5) is 0 Å². The molecule has 1 amide bonds. The maximum Gasteiger partial charge on any atom is 0.265 e. The summed E-state index contributed by atoms with van der Waals surface area (Å²) in [5.74, 6) is 1.04. The van der Waals surface area contributed by atoms with E-state index in [4.69, 9.17) is 4.74 Å². The fourth-order valence-corrected chi connectivity index (χ4v) is 5.78. The second-order valence-electron chi connectivity index (χ2n) is 8.56. The van der Waals surface area contributed by atoms with Gasteiger partial charge in [0, 0.05) is 38.1 Å². The molecule has 2 saturated heterocycles. The molecule has 2 aromatic heterocycles. The molecule has 3 aromatic rings. The van der Waals surface area contributed by atoms with E-state index in [0.717, 1.165) is 53.8 Å². The van der Waals surface area contributed by atoms with Crippen molar-refractivity contribution < 1.29 is 9.53 Å². The molecule has 2 unspecified atom stereocenters. The standard InChI is InChI=1S/C25H28N4O2S/c1-17-24(32-18(2)27-17)25(30)28-14-10-20(11-15-28)29-16-22(31-21-6-4-3-5-7-21)23(29)19-8-12-26-13-9-19/h3-9,12-13,20,22-23H,10-11,14-16H2,1-2H3. The number of thiazole rings is 1. The Morgan fingerprint density at radius 3 is 2.44 bits per heavy atom. The summed E-state index contributed by atoms with van der Waals surface area (Å²) < 4.78 is 6.34. The second-order valence-corrected chi connectivity index (χ2v) is 9.77. The number of carbonyl (C=O) groups excluding carboxylic acids is 1. The monoisotopic (exact) mass is 448 g/mol. The number of hydrogen-bond donors (Lipinski definition) is 0. The van der Waals surface area contributed by atoms with Gasteiger partial charge in [-0.3, -0.25) is 14.7 Å². The highest BCUT2D eigenvalue weighted by molar-refractivity contribution is 7.13. The van der Waals surface area contributed by atoms with E-state index in [1.165, 1.54) is 16.9 Å². The number of likely N-dealkylation sites (tertiary alicyclic amines) is 2. The lowest BCUT2D eigenvalue weighted by molar-refractivity contribution is -0.0842. The zero-order valence-electron chi connectivity index (χ0n) is 18.5. The predicted molar refractivity (Wildman–Crippen MR) is 125 cm³/mol. The smallest absolute Gasteiger partial charge is 0.265 e. The van der Waals surface area contributed by atoms with Gasteiger partial charge in [-0.05, 0) is 56.5 Å². The van der Waals surface area contributed by atoms with E-state index < -0.39 is 0 Å². The van der Waals surface area contributed by atoms with Crippen LogP contribution in [0, 0.1) is 13.8 Å². The van der Waals surface area contributed by atoms with Crippen LogP contribution in [0.3, 0.4) is 0 Å². The van der Waals surface area contributed by atoms with Crippen LogP contribution in [0.2, 0.25) is 0 Å². The first-order valence-corrected chi connectivity index (χ1v) is 12.0. The van der Waals surface area contributed by atoms with E-state index in [9.17, 15) is 4.79 Å². The van der Waals surface area contributed by atoms with Crippen molar-refractivity contribution in [3.8, 4) is 5.75 Å². The minimum absolute atomic E-state index is 0.113. The second kappa shape index (κ2) is 9.00. The van der Waals surface area contributed by atoms with Crippen LogP contribution in [-0.2, 0) is 0 Å². The zero-order chi connectivity index (χ0) is 22.1. The van der Waals surface area contributed by atoms with Crippen LogP contribution in [-0.4, -0.2) is 57.5 Å². The molecular formula is C25H28N4O2S. The Balaban J connectivity index is 1.26. The summed E-state index contributed by atoms with van der Waals surface area (Å²) in [7, 11) is 0. The molecule has 0 N–H and O–H groups in total. The highest BCUT2D eigenvalue weighted by Crippen LogP contribution is 2.40. The van der Waals surface area contributed by atoms with E-state index >= 15 is 0 Å². The number of para-hydroxylation sites is 1. The topological polar surface area (TPSA) is 58.6 Å². The summed E-state index contributed by atoms with van der Waals surface area (Å²) in [5, 5.41) is 0.950. The summed E-state index contributed by atoms with van der Waals surface area (Å²) in [6.45, 7) is 6.34. The number of aryl methyl sites for hydroxylation is 2. The maximum atomic E-state index is 13.0. The number of pyridine rings is 1. The Morgan fingerprint density at radius 1 is 1.06 bits per heavy atom. The highest BCUT2D eigenvalue weighted by atomic mass is 32.1. The highest BCUT2D eigenvalue weighted by Gasteiger charge is 2.46. The van der Waals surface area contributed by atoms with E-state index in [1.807, 2.05) is 61.5 Å². The molecule has 166 valence electrons. The Bertz CT molecular complexity index is 1060. The van der Waals surface area contributed by atoms with Gasteiger partial charge in [0.2, 0.25) is 0 Å². The van der Waals surface area contributed by atoms with Gasteiger partial charge in [-0.2, -0.15) is 0 Å². The minimum Gasteiger partial charge on any atom is -0.487 e. The molecule has 1 aromatic carbocycles. The van der Waals surface area contributed by atoms with Gasteiger partial charge >= 0.3 is 0 Å². The Labute approximate surface area is 192 Å². The maximum absolute atomic E-state index is 13.0. The first-order valence-electron chi connectivity index (χ1n) is 11.2. The molecule has 2 aliphatic heterocycles. The van der Waals surface area contributed by atoms with Gasteiger partial charge in [0.05, 0.1) is 16.7 Å². The number of aromatic nitrogens is 2. The van der Waals surface area contributed by atoms with Gasteiger partial charge in [0.25, 0.3) is 5.91 Å². The van der Waals surface area contributed by atoms with Crippen LogP contribution in [0.25, 0.3) is 0 Å². The molecular weight excluding hydrogens is 420 g/mol. The summed E-state index contributed by atoms with van der Waals surface area (Å²) in [6.07, 6.45) is 5.77. The summed E-state index contributed by atoms with van der Waals surface area (Å²) in [4.78, 5) is 26.9. The van der Waals surface area contributed by atoms with Crippen molar-refractivity contribution >= 4 is 17.2 Å². The molecule has 2 atom stereocenters. The molecule has 0 aliphatic carbocycles. The van der Waals surface area contributed by atoms with Crippen LogP contribution >= 0.6 is 11.3 Å². The molecule has 6 nitrogen and oxygen atoms in total. The lowest BCUT2D eigenvalue weighted by atomic mass is 9.87. The van der Waals surface area contributed by atoms with Crippen molar-refractivity contribution in [1.82, 2.24) is 19.8 Å². The Morgan fingerprint density at radius 2 is 1.78 bits per heavy atom. The van der Waals surface area contributed by atoms with Crippen LogP contribution in [0.15, 0.2) is 54.9 Å². The number of carbonyl (C=O) groups is 1. The third-order valence-electron chi connectivity index (χ3n) is 6.50. The number of amides is 1. The van der Waals surface area contributed by atoms with Crippen molar-refractivity contribution in [1.29, 1.82) is 0 Å². The van der Waals surface area contributed by atoms with Crippen LogP contribution < -0.4 is 4.74 Å². The summed E-state index contributed by atoms with van der Waals surface area (Å²) in [6, 6.07) is 14.9. The van der Waals surface area contributed by atoms with Crippen molar-refractivity contribution in [2.75, 3.05) is 19.6 Å². The lowest BCUT2D eigenvalue weighted by Crippen LogP contribution is -2.61. The third kappa shape index (κ3) is 4.14. The van der Waals surface area contributed by atoms with Gasteiger partial charge in [-0.1, -0.05) is 18.2 Å². The average Bonchev–Trinajstić information content (AvgIpc) is 3.15. The van der Waals surface area contributed by atoms with Gasteiger partial charge in [0.1, 0.15) is 16.7 Å². The molecule has 0 bridgehead atoms. The largest absolute Gasteiger partial charge is 0.487 e. The molecule has 0 saturated carbocycles. The van der Waals surface area contributed by atoms with E-state index in [2.05, 4.69) is 27.0 Å². The lowest BCUT2D eigenvalue weighted by Gasteiger charge is -2.53. The van der Waals surface area contributed by atoms with Crippen molar-refractivity contribution in [3.05, 3.63) is 76.0 Å². The SMILES string of the molecule is Cc1nc(C)c(C(=O)N2CCC(N3CC(Oc4ccccc4)C3c3ccncc3)CC2)s1. The molecule has 0 spiro atoms. The van der Waals surface area contributed by atoms with Crippen molar-refractivity contribution in [2.45, 2.75) is 44.9 Å². The average molecular weight is 449 g/mol. The van der Waals surface area contributed by atoms with Gasteiger partial charge in [0.15, 0.2) is 0 Å². The van der Waals surface area contributed by atoms with Crippen LogP contribution in [0.1, 0.15) is 44.8 Å². The minimum atomic E-state index is 0.113. The number of nitrogens with zero attached hydrogens (tertiary/aromatic N) is 4. The Hall–Kier alpha value is -2.77. The number of hydrogen-bond acceptors (Lipinski definition) is 6. The normalized spacial score (nSPS) is 21.9. The molecule has 7 heteroatoms. The number of benzene rings is 1. The quantitative estimate of drug-likeness (QED) is 0.584. The molecule has 2 aliphatic rings. The van der Waals surface area contributed by atoms with Gasteiger partial charge in [-0.25, -0.2) is 4.98 Å². The molecule has 2 fully saturated rings. The molecule has 0 radical (unpaired) electrons. The first-order chi connectivity index (χ1) is 15.6. The first kappa shape index (κ1) is 21.1. The fourth-order valence-electron chi connectivity index (χ4n) is 4.89. The Kier molecular flexibility index (Phi) is 5.93. The van der Waals surface area contributed by atoms with Gasteiger partial charge < -0.3 is 9.64 Å². The van der Waals surface area contributed by atoms with E-state index in [0.29, 0.717) is 6.04 Å². The zero-order valence-corrected chi connectivity index (χ0v) is 19.3. The fraction of sp³-hybridized carbons (Fsp3) is 0.400. The van der Waals surface area contributed by atoms with Gasteiger partial charge in [-0.15, -0.1) is 11.3 Å². The summed E-state index contributed by atoms with van der Waals surface area (Å²) in [5.41, 5.74) is 2.09. The number of piperidine rings is 1. The van der Waals surface area contributed by atoms with E-state index in [1.54, 1.807) is 0 Å². The van der Waals surface area contributed by atoms with E-state index in [-0.39, 0.29) is 18.1 Å². The number of ether oxygens (including phenoxy) is 1. The third-order valence-corrected chi connectivity index (χ3v) is 7.56. The van der Waals surface area contributed by atoms with Crippen molar-refractivity contribution in [3.63, 3.8) is 0 Å². The molecule has 32 heavy (non-hydrogen) atoms. The molecule has 5 rings (SSSR count). The number of rotatable bonds is 5. The summed E-state index contributed by atoms with van der Waals surface area (Å²) >= 11 is 1.50. The van der Waals surface area contributed by atoms with Crippen LogP contribution in [0.5, 0.6) is 5.75 Å². The molecule has 4 heterocycles. The van der Waals surface area contributed by atoms with Crippen molar-refractivity contribution in [2.24, 2.45) is 0 Å².